The molecule has 0 spiro atoms. The van der Waals surface area contributed by atoms with Crippen LogP contribution >= 0.6 is 11.3 Å². The number of rotatable bonds is 5. The van der Waals surface area contributed by atoms with E-state index in [1.807, 2.05) is 20.8 Å². The fourth-order valence-corrected chi connectivity index (χ4v) is 5.64. The molecule has 1 aliphatic heterocycles. The number of carbonyl (C=O) groups excluding carboxylic acids is 1. The normalized spacial score (nSPS) is 17.5. The minimum absolute atomic E-state index is 0.150. The van der Waals surface area contributed by atoms with Crippen molar-refractivity contribution in [3.63, 3.8) is 0 Å². The van der Waals surface area contributed by atoms with Gasteiger partial charge >= 0.3 is 0 Å². The summed E-state index contributed by atoms with van der Waals surface area (Å²) in [5.41, 5.74) is -1.20. The average Bonchev–Trinajstić information content (AvgIpc) is 2.96. The average molecular weight is 390 g/mol. The van der Waals surface area contributed by atoms with Crippen LogP contribution in [0.2, 0.25) is 0 Å². The van der Waals surface area contributed by atoms with Crippen LogP contribution in [0.3, 0.4) is 0 Å². The Morgan fingerprint density at radius 3 is 2.32 bits per heavy atom. The summed E-state index contributed by atoms with van der Waals surface area (Å²) in [5, 5.41) is 11.6. The predicted octanol–water partition coefficient (Wildman–Crippen LogP) is 2.39. The number of hydrogen-bond acceptors (Lipinski definition) is 7. The molecule has 0 saturated carbocycles. The molecule has 9 heteroatoms. The van der Waals surface area contributed by atoms with Crippen LogP contribution in [-0.2, 0) is 24.8 Å². The Labute approximate surface area is 153 Å². The molecule has 25 heavy (non-hydrogen) atoms. The molecule has 1 aliphatic rings. The Kier molecular flexibility index (Phi) is 5.90. The number of nitrogens with one attached hydrogen (secondary N) is 1. The van der Waals surface area contributed by atoms with Crippen molar-refractivity contribution in [1.29, 1.82) is 0 Å². The fourth-order valence-electron chi connectivity index (χ4n) is 2.56. The maximum atomic E-state index is 12.6. The van der Waals surface area contributed by atoms with Crippen LogP contribution in [0.25, 0.3) is 0 Å². The van der Waals surface area contributed by atoms with Gasteiger partial charge in [-0.05, 0) is 12.8 Å². The van der Waals surface area contributed by atoms with Gasteiger partial charge in [0, 0.05) is 18.6 Å². The van der Waals surface area contributed by atoms with E-state index < -0.39 is 20.5 Å². The molecule has 0 aromatic carbocycles. The van der Waals surface area contributed by atoms with Crippen LogP contribution in [0, 0.1) is 5.41 Å². The third kappa shape index (κ3) is 5.21. The summed E-state index contributed by atoms with van der Waals surface area (Å²) in [6.07, 6.45) is 0.983. The molecule has 0 aliphatic carbocycles. The summed E-state index contributed by atoms with van der Waals surface area (Å²) in [6, 6.07) is 0. The zero-order valence-corrected chi connectivity index (χ0v) is 17.1. The van der Waals surface area contributed by atoms with Crippen LogP contribution in [0.4, 0.5) is 5.13 Å². The summed E-state index contributed by atoms with van der Waals surface area (Å²) in [6.45, 7) is 10.3. The lowest BCUT2D eigenvalue weighted by atomic mass is 9.95. The zero-order chi connectivity index (χ0) is 18.9. The fraction of sp³-hybridized carbons (Fsp3) is 0.812. The first kappa shape index (κ1) is 20.3. The maximum Gasteiger partial charge on any atom is 0.232 e. The standard InChI is InChI=1S/C16H27N3O4S2/c1-15(2,3)13-18-19-14(24-13)17-12(20)16(4,5)10-25(21,22)11-6-8-23-9-7-11/h11H,6-10H2,1-5H3,(H,17,19,20). The van der Waals surface area contributed by atoms with Crippen molar-refractivity contribution in [2.45, 2.75) is 58.1 Å². The van der Waals surface area contributed by atoms with Crippen molar-refractivity contribution in [2.24, 2.45) is 5.41 Å². The summed E-state index contributed by atoms with van der Waals surface area (Å²) < 4.78 is 30.5. The molecule has 1 aromatic rings. The third-order valence-corrected chi connectivity index (χ3v) is 8.02. The maximum absolute atomic E-state index is 12.6. The van der Waals surface area contributed by atoms with Gasteiger partial charge in [0.05, 0.1) is 16.4 Å². The molecule has 1 aromatic heterocycles. The molecule has 142 valence electrons. The van der Waals surface area contributed by atoms with Gasteiger partial charge in [-0.25, -0.2) is 8.42 Å². The molecule has 1 amide bonds. The molecule has 2 heterocycles. The molecular weight excluding hydrogens is 362 g/mol. The van der Waals surface area contributed by atoms with E-state index >= 15 is 0 Å². The van der Waals surface area contributed by atoms with E-state index in [0.29, 0.717) is 31.2 Å². The molecule has 0 bridgehead atoms. The lowest BCUT2D eigenvalue weighted by Crippen LogP contribution is -2.41. The minimum atomic E-state index is -3.37. The third-order valence-electron chi connectivity index (χ3n) is 4.14. The quantitative estimate of drug-likeness (QED) is 0.830. The van der Waals surface area contributed by atoms with Crippen molar-refractivity contribution >= 4 is 32.2 Å². The number of anilines is 1. The SMILES string of the molecule is CC(C)(CS(=O)(=O)C1CCOCC1)C(=O)Nc1nnc(C(C)(C)C)s1. The molecule has 2 rings (SSSR count). The first-order valence-electron chi connectivity index (χ1n) is 8.36. The molecule has 0 unspecified atom stereocenters. The second-order valence-corrected chi connectivity index (χ2v) is 11.4. The first-order valence-corrected chi connectivity index (χ1v) is 10.9. The summed E-state index contributed by atoms with van der Waals surface area (Å²) in [4.78, 5) is 12.6. The molecule has 1 N–H and O–H groups in total. The second-order valence-electron chi connectivity index (χ2n) is 8.12. The van der Waals surface area contributed by atoms with Gasteiger partial charge in [-0.2, -0.15) is 0 Å². The Balaban J connectivity index is 2.05. The van der Waals surface area contributed by atoms with E-state index in [0.717, 1.165) is 5.01 Å². The van der Waals surface area contributed by atoms with Crippen molar-refractivity contribution in [1.82, 2.24) is 10.2 Å². The Morgan fingerprint density at radius 1 is 1.20 bits per heavy atom. The van der Waals surface area contributed by atoms with E-state index in [1.54, 1.807) is 13.8 Å². The van der Waals surface area contributed by atoms with E-state index in [-0.39, 0.29) is 17.1 Å². The van der Waals surface area contributed by atoms with Gasteiger partial charge < -0.3 is 10.1 Å². The lowest BCUT2D eigenvalue weighted by molar-refractivity contribution is -0.123. The van der Waals surface area contributed by atoms with Crippen LogP contribution in [0.1, 0.15) is 52.5 Å². The highest BCUT2D eigenvalue weighted by atomic mass is 32.2. The van der Waals surface area contributed by atoms with Gasteiger partial charge in [0.2, 0.25) is 11.0 Å². The summed E-state index contributed by atoms with van der Waals surface area (Å²) in [7, 11) is -3.37. The highest BCUT2D eigenvalue weighted by molar-refractivity contribution is 7.92. The Bertz CT molecular complexity index is 714. The van der Waals surface area contributed by atoms with Gasteiger partial charge in [0.15, 0.2) is 9.84 Å². The Morgan fingerprint density at radius 2 is 1.80 bits per heavy atom. The molecule has 0 atom stereocenters. The van der Waals surface area contributed by atoms with Crippen molar-refractivity contribution < 1.29 is 17.9 Å². The summed E-state index contributed by atoms with van der Waals surface area (Å²) >= 11 is 1.31. The van der Waals surface area contributed by atoms with Gasteiger partial charge in [0.25, 0.3) is 0 Å². The number of amides is 1. The highest BCUT2D eigenvalue weighted by Crippen LogP contribution is 2.30. The van der Waals surface area contributed by atoms with Crippen LogP contribution < -0.4 is 5.32 Å². The number of ether oxygens (including phenoxy) is 1. The van der Waals surface area contributed by atoms with Crippen molar-refractivity contribution in [3.8, 4) is 0 Å². The molecule has 7 nitrogen and oxygen atoms in total. The minimum Gasteiger partial charge on any atom is -0.381 e. The molecule has 0 radical (unpaired) electrons. The lowest BCUT2D eigenvalue weighted by Gasteiger charge is -2.27. The Hall–Kier alpha value is -1.06. The van der Waals surface area contributed by atoms with Crippen LogP contribution in [-0.4, -0.2) is 48.7 Å². The monoisotopic (exact) mass is 389 g/mol. The van der Waals surface area contributed by atoms with E-state index in [2.05, 4.69) is 15.5 Å². The van der Waals surface area contributed by atoms with Crippen LogP contribution in [0.5, 0.6) is 0 Å². The smallest absolute Gasteiger partial charge is 0.232 e. The number of aromatic nitrogens is 2. The van der Waals surface area contributed by atoms with Gasteiger partial charge in [0.1, 0.15) is 5.01 Å². The number of sulfone groups is 1. The number of hydrogen-bond donors (Lipinski definition) is 1. The van der Waals surface area contributed by atoms with Crippen LogP contribution in [0.15, 0.2) is 0 Å². The molecular formula is C16H27N3O4S2. The molecule has 1 saturated heterocycles. The van der Waals surface area contributed by atoms with Gasteiger partial charge in [-0.15, -0.1) is 10.2 Å². The molecule has 1 fully saturated rings. The van der Waals surface area contributed by atoms with Gasteiger partial charge in [-0.1, -0.05) is 46.0 Å². The van der Waals surface area contributed by atoms with Gasteiger partial charge in [-0.3, -0.25) is 4.79 Å². The van der Waals surface area contributed by atoms with Crippen molar-refractivity contribution in [3.05, 3.63) is 5.01 Å². The summed E-state index contributed by atoms with van der Waals surface area (Å²) in [5.74, 6) is -0.554. The topological polar surface area (TPSA) is 98.2 Å². The van der Waals surface area contributed by atoms with E-state index in [4.69, 9.17) is 4.74 Å². The number of carbonyl (C=O) groups is 1. The highest BCUT2D eigenvalue weighted by Gasteiger charge is 2.38. The predicted molar refractivity (Wildman–Crippen MR) is 98.6 cm³/mol. The first-order chi connectivity index (χ1) is 11.4. The van der Waals surface area contributed by atoms with E-state index in [9.17, 15) is 13.2 Å². The number of nitrogens with zero attached hydrogens (tertiary/aromatic N) is 2. The van der Waals surface area contributed by atoms with Crippen molar-refractivity contribution in [2.75, 3.05) is 24.3 Å². The van der Waals surface area contributed by atoms with E-state index in [1.165, 1.54) is 11.3 Å². The largest absolute Gasteiger partial charge is 0.381 e. The second kappa shape index (κ2) is 7.28. The zero-order valence-electron chi connectivity index (χ0n) is 15.5.